The van der Waals surface area contributed by atoms with E-state index in [0.29, 0.717) is 0 Å². The summed E-state index contributed by atoms with van der Waals surface area (Å²) in [6.45, 7) is 2.27. The molecule has 0 unspecified atom stereocenters. The quantitative estimate of drug-likeness (QED) is 0.903. The van der Waals surface area contributed by atoms with Crippen LogP contribution in [0, 0.1) is 17.2 Å². The Balaban J connectivity index is 2.06. The molecule has 0 aliphatic carbocycles. The number of nitrogens with zero attached hydrogens (tertiary/aromatic N) is 1. The summed E-state index contributed by atoms with van der Waals surface area (Å²) >= 11 is 3.55. The molecule has 2 nitrogen and oxygen atoms in total. The van der Waals surface area contributed by atoms with Gasteiger partial charge in [0, 0.05) is 4.47 Å². The molecule has 0 aromatic heterocycles. The Labute approximate surface area is 105 Å². The second-order valence-corrected chi connectivity index (χ2v) is 5.17. The molecule has 1 saturated heterocycles. The fraction of sp³-hybridized carbons (Fsp3) is 0.462. The van der Waals surface area contributed by atoms with E-state index < -0.39 is 0 Å². The van der Waals surface area contributed by atoms with E-state index in [1.807, 2.05) is 12.1 Å². The van der Waals surface area contributed by atoms with Gasteiger partial charge in [0.1, 0.15) is 0 Å². The molecule has 0 amide bonds. The zero-order valence-electron chi connectivity index (χ0n) is 9.17. The minimum absolute atomic E-state index is 0.723. The molecule has 2 rings (SSSR count). The van der Waals surface area contributed by atoms with Crippen LogP contribution in [0.15, 0.2) is 22.7 Å². The van der Waals surface area contributed by atoms with Gasteiger partial charge in [-0.15, -0.1) is 0 Å². The van der Waals surface area contributed by atoms with Crippen LogP contribution in [-0.2, 0) is 6.42 Å². The molecule has 1 aromatic carbocycles. The van der Waals surface area contributed by atoms with Crippen molar-refractivity contribution in [2.45, 2.75) is 19.3 Å². The molecule has 1 aromatic rings. The number of benzene rings is 1. The third-order valence-electron chi connectivity index (χ3n) is 3.15. The molecule has 0 spiro atoms. The molecular weight excluding hydrogens is 264 g/mol. The molecule has 84 valence electrons. The Morgan fingerprint density at radius 1 is 1.38 bits per heavy atom. The van der Waals surface area contributed by atoms with Crippen molar-refractivity contribution in [2.75, 3.05) is 13.1 Å². The van der Waals surface area contributed by atoms with Crippen molar-refractivity contribution in [3.05, 3.63) is 33.8 Å². The van der Waals surface area contributed by atoms with Crippen LogP contribution in [0.25, 0.3) is 0 Å². The Morgan fingerprint density at radius 3 is 2.75 bits per heavy atom. The fourth-order valence-electron chi connectivity index (χ4n) is 2.18. The largest absolute Gasteiger partial charge is 0.317 e. The third-order valence-corrected chi connectivity index (χ3v) is 3.89. The van der Waals surface area contributed by atoms with Crippen molar-refractivity contribution >= 4 is 15.9 Å². The summed E-state index contributed by atoms with van der Waals surface area (Å²) in [5.41, 5.74) is 2.05. The van der Waals surface area contributed by atoms with Crippen LogP contribution in [0.1, 0.15) is 24.0 Å². The Morgan fingerprint density at radius 2 is 2.12 bits per heavy atom. The maximum atomic E-state index is 8.80. The number of rotatable bonds is 2. The van der Waals surface area contributed by atoms with Crippen molar-refractivity contribution in [3.8, 4) is 6.07 Å². The third kappa shape index (κ3) is 2.84. The maximum absolute atomic E-state index is 8.80. The average Bonchev–Trinajstić information content (AvgIpc) is 2.33. The first kappa shape index (κ1) is 11.6. The van der Waals surface area contributed by atoms with Crippen LogP contribution in [0.5, 0.6) is 0 Å². The van der Waals surface area contributed by atoms with Gasteiger partial charge >= 0.3 is 0 Å². The van der Waals surface area contributed by atoms with E-state index in [1.165, 1.54) is 18.4 Å². The second kappa shape index (κ2) is 5.47. The minimum Gasteiger partial charge on any atom is -0.317 e. The number of nitrogens with one attached hydrogen (secondary N) is 1. The fourth-order valence-corrected chi connectivity index (χ4v) is 2.72. The predicted octanol–water partition coefficient (Wildman–Crippen LogP) is 2.86. The minimum atomic E-state index is 0.723. The van der Waals surface area contributed by atoms with Gasteiger partial charge in [-0.3, -0.25) is 0 Å². The molecule has 1 aliphatic rings. The van der Waals surface area contributed by atoms with Crippen LogP contribution >= 0.6 is 15.9 Å². The maximum Gasteiger partial charge on any atom is 0.0992 e. The second-order valence-electron chi connectivity index (χ2n) is 4.32. The van der Waals surface area contributed by atoms with E-state index in [0.717, 1.165) is 35.5 Å². The Kier molecular flexibility index (Phi) is 3.98. The summed E-state index contributed by atoms with van der Waals surface area (Å²) in [5, 5.41) is 12.2. The first-order valence-corrected chi connectivity index (χ1v) is 6.48. The predicted molar refractivity (Wildman–Crippen MR) is 68.2 cm³/mol. The summed E-state index contributed by atoms with van der Waals surface area (Å²) in [6.07, 6.45) is 3.63. The highest BCUT2D eigenvalue weighted by Gasteiger charge is 2.14. The molecule has 16 heavy (non-hydrogen) atoms. The van der Waals surface area contributed by atoms with Gasteiger partial charge in [-0.2, -0.15) is 5.26 Å². The zero-order chi connectivity index (χ0) is 11.4. The molecule has 0 saturated carbocycles. The normalized spacial score (nSPS) is 17.0. The standard InChI is InChI=1S/C13H15BrN2/c14-13-8-11(9-15)1-2-12(13)7-10-3-5-16-6-4-10/h1-2,8,10,16H,3-7H2. The lowest BCUT2D eigenvalue weighted by Gasteiger charge is -2.23. The molecular formula is C13H15BrN2. The van der Waals surface area contributed by atoms with Crippen LogP contribution in [0.2, 0.25) is 0 Å². The van der Waals surface area contributed by atoms with Gasteiger partial charge in [-0.1, -0.05) is 22.0 Å². The van der Waals surface area contributed by atoms with Gasteiger partial charge < -0.3 is 5.32 Å². The van der Waals surface area contributed by atoms with Gasteiger partial charge in [0.05, 0.1) is 11.6 Å². The Bertz CT molecular complexity index is 403. The van der Waals surface area contributed by atoms with Crippen LogP contribution in [0.4, 0.5) is 0 Å². The van der Waals surface area contributed by atoms with E-state index in [4.69, 9.17) is 5.26 Å². The smallest absolute Gasteiger partial charge is 0.0992 e. The molecule has 0 atom stereocenters. The van der Waals surface area contributed by atoms with Crippen molar-refractivity contribution in [1.29, 1.82) is 5.26 Å². The first-order chi connectivity index (χ1) is 7.79. The molecule has 1 heterocycles. The zero-order valence-corrected chi connectivity index (χ0v) is 10.8. The van der Waals surface area contributed by atoms with Gasteiger partial charge in [-0.05, 0) is 56.0 Å². The summed E-state index contributed by atoms with van der Waals surface area (Å²) in [5.74, 6) is 0.783. The van der Waals surface area contributed by atoms with E-state index in [2.05, 4.69) is 33.4 Å². The molecule has 0 bridgehead atoms. The van der Waals surface area contributed by atoms with Gasteiger partial charge in [0.25, 0.3) is 0 Å². The lowest BCUT2D eigenvalue weighted by molar-refractivity contribution is 0.372. The highest BCUT2D eigenvalue weighted by atomic mass is 79.9. The summed E-state index contributed by atoms with van der Waals surface area (Å²) < 4.78 is 1.07. The number of halogens is 1. The number of hydrogen-bond donors (Lipinski definition) is 1. The van der Waals surface area contributed by atoms with E-state index in [1.54, 1.807) is 0 Å². The average molecular weight is 279 g/mol. The van der Waals surface area contributed by atoms with Crippen LogP contribution < -0.4 is 5.32 Å². The van der Waals surface area contributed by atoms with Gasteiger partial charge in [0.2, 0.25) is 0 Å². The van der Waals surface area contributed by atoms with E-state index in [9.17, 15) is 0 Å². The van der Waals surface area contributed by atoms with Crippen LogP contribution in [0.3, 0.4) is 0 Å². The van der Waals surface area contributed by atoms with Crippen molar-refractivity contribution < 1.29 is 0 Å². The molecule has 0 radical (unpaired) electrons. The monoisotopic (exact) mass is 278 g/mol. The Hall–Kier alpha value is -0.850. The topological polar surface area (TPSA) is 35.8 Å². The number of hydrogen-bond acceptors (Lipinski definition) is 2. The SMILES string of the molecule is N#Cc1ccc(CC2CCNCC2)c(Br)c1. The van der Waals surface area contributed by atoms with E-state index >= 15 is 0 Å². The molecule has 1 aliphatic heterocycles. The van der Waals surface area contributed by atoms with E-state index in [-0.39, 0.29) is 0 Å². The van der Waals surface area contributed by atoms with Crippen molar-refractivity contribution in [2.24, 2.45) is 5.92 Å². The lowest BCUT2D eigenvalue weighted by Crippen LogP contribution is -2.28. The number of piperidine rings is 1. The highest BCUT2D eigenvalue weighted by molar-refractivity contribution is 9.10. The first-order valence-electron chi connectivity index (χ1n) is 5.69. The lowest BCUT2D eigenvalue weighted by atomic mass is 9.91. The van der Waals surface area contributed by atoms with Crippen molar-refractivity contribution in [3.63, 3.8) is 0 Å². The molecule has 3 heteroatoms. The highest BCUT2D eigenvalue weighted by Crippen LogP contribution is 2.24. The summed E-state index contributed by atoms with van der Waals surface area (Å²) in [6, 6.07) is 8.05. The summed E-state index contributed by atoms with van der Waals surface area (Å²) in [7, 11) is 0. The van der Waals surface area contributed by atoms with Crippen LogP contribution in [-0.4, -0.2) is 13.1 Å². The summed E-state index contributed by atoms with van der Waals surface area (Å²) in [4.78, 5) is 0. The molecule has 1 N–H and O–H groups in total. The number of nitriles is 1. The van der Waals surface area contributed by atoms with Gasteiger partial charge in [-0.25, -0.2) is 0 Å². The van der Waals surface area contributed by atoms with Gasteiger partial charge in [0.15, 0.2) is 0 Å². The molecule has 1 fully saturated rings. The van der Waals surface area contributed by atoms with Crippen molar-refractivity contribution in [1.82, 2.24) is 5.32 Å².